The fraction of sp³-hybridized carbons (Fsp3) is 0.444. The smallest absolute Gasteiger partial charge is 0.00579 e. The third-order valence-electron chi connectivity index (χ3n) is 2.66. The standard InChI is InChI=1S/C14H18.2C2H6/c1-6-11(4)14-9-10(3)8-12(5)13(14)7-2;2*1-2/h6-8H,2,5,9H2,1,3-4H3;2*1-2H3/b11-6-;;. The van der Waals surface area contributed by atoms with E-state index in [0.29, 0.717) is 0 Å². The number of rotatable bonds is 2. The molecule has 0 saturated heterocycles. The minimum atomic E-state index is 1.02. The normalized spacial score (nSPS) is 14.9. The molecule has 0 aromatic rings. The van der Waals surface area contributed by atoms with Crippen molar-refractivity contribution in [1.82, 2.24) is 0 Å². The second-order valence-electron chi connectivity index (χ2n) is 3.76. The van der Waals surface area contributed by atoms with Gasteiger partial charge >= 0.3 is 0 Å². The van der Waals surface area contributed by atoms with Crippen LogP contribution in [-0.4, -0.2) is 0 Å². The molecule has 0 aromatic heterocycles. The lowest BCUT2D eigenvalue weighted by atomic mass is 9.86. The molecule has 0 atom stereocenters. The van der Waals surface area contributed by atoms with E-state index in [-0.39, 0.29) is 0 Å². The molecule has 1 aliphatic carbocycles. The van der Waals surface area contributed by atoms with Gasteiger partial charge in [-0.3, -0.25) is 0 Å². The van der Waals surface area contributed by atoms with Crippen LogP contribution in [-0.2, 0) is 0 Å². The third kappa shape index (κ3) is 5.35. The quantitative estimate of drug-likeness (QED) is 0.529. The van der Waals surface area contributed by atoms with Gasteiger partial charge in [0.2, 0.25) is 0 Å². The second kappa shape index (κ2) is 10.8. The Morgan fingerprint density at radius 3 is 2.11 bits per heavy atom. The molecule has 0 unspecified atom stereocenters. The van der Waals surface area contributed by atoms with E-state index in [1.807, 2.05) is 33.8 Å². The maximum absolute atomic E-state index is 4.05. The Balaban J connectivity index is 0. The molecule has 0 heterocycles. The van der Waals surface area contributed by atoms with Gasteiger partial charge in [0.15, 0.2) is 0 Å². The number of allylic oxidation sites excluding steroid dienone is 8. The van der Waals surface area contributed by atoms with Crippen LogP contribution in [0.1, 0.15) is 54.9 Å². The van der Waals surface area contributed by atoms with Gasteiger partial charge in [-0.25, -0.2) is 0 Å². The van der Waals surface area contributed by atoms with E-state index in [1.165, 1.54) is 22.3 Å². The summed E-state index contributed by atoms with van der Waals surface area (Å²) in [6.45, 7) is 22.3. The molecule has 1 rings (SSSR count). The first-order chi connectivity index (χ1) is 8.60. The van der Waals surface area contributed by atoms with Gasteiger partial charge in [0.05, 0.1) is 0 Å². The molecule has 0 fully saturated rings. The Bertz CT molecular complexity index is 359. The maximum atomic E-state index is 4.05. The van der Waals surface area contributed by atoms with Crippen molar-refractivity contribution in [1.29, 1.82) is 0 Å². The molecule has 0 saturated carbocycles. The molecule has 0 bridgehead atoms. The molecule has 0 aromatic carbocycles. The average molecular weight is 246 g/mol. The van der Waals surface area contributed by atoms with Gasteiger partial charge in [-0.2, -0.15) is 0 Å². The highest BCUT2D eigenvalue weighted by molar-refractivity contribution is 5.57. The van der Waals surface area contributed by atoms with Crippen LogP contribution in [0.5, 0.6) is 0 Å². The highest BCUT2D eigenvalue weighted by atomic mass is 14.2. The summed E-state index contributed by atoms with van der Waals surface area (Å²) in [6, 6.07) is 0. The summed E-state index contributed by atoms with van der Waals surface area (Å²) in [6.07, 6.45) is 7.22. The van der Waals surface area contributed by atoms with Crippen molar-refractivity contribution in [3.8, 4) is 0 Å². The van der Waals surface area contributed by atoms with Crippen LogP contribution in [0.4, 0.5) is 0 Å². The molecule has 0 amide bonds. The Hall–Kier alpha value is -1.30. The molecule has 18 heavy (non-hydrogen) atoms. The lowest BCUT2D eigenvalue weighted by Crippen LogP contribution is -2.00. The Morgan fingerprint density at radius 2 is 1.72 bits per heavy atom. The van der Waals surface area contributed by atoms with E-state index in [9.17, 15) is 0 Å². The van der Waals surface area contributed by atoms with E-state index in [2.05, 4.69) is 46.1 Å². The van der Waals surface area contributed by atoms with Gasteiger partial charge in [0, 0.05) is 0 Å². The molecule has 0 nitrogen and oxygen atoms in total. The summed E-state index contributed by atoms with van der Waals surface area (Å²) in [4.78, 5) is 0. The van der Waals surface area contributed by atoms with Crippen molar-refractivity contribution >= 4 is 0 Å². The molecular formula is C18H30. The zero-order valence-electron chi connectivity index (χ0n) is 13.4. The number of hydrogen-bond donors (Lipinski definition) is 0. The van der Waals surface area contributed by atoms with Crippen LogP contribution in [0.2, 0.25) is 0 Å². The SMILES string of the molecule is C=CC1=C(/C(C)=C\C)CC(C)=CC1=C.CC.CC. The summed E-state index contributed by atoms with van der Waals surface area (Å²) in [7, 11) is 0. The summed E-state index contributed by atoms with van der Waals surface area (Å²) in [5, 5.41) is 0. The lowest BCUT2D eigenvalue weighted by Gasteiger charge is -2.19. The van der Waals surface area contributed by atoms with Gasteiger partial charge in [0.1, 0.15) is 0 Å². The molecule has 0 N–H and O–H groups in total. The van der Waals surface area contributed by atoms with E-state index in [1.54, 1.807) is 0 Å². The van der Waals surface area contributed by atoms with Crippen molar-refractivity contribution in [2.75, 3.05) is 0 Å². The minimum Gasteiger partial charge on any atom is -0.0984 e. The summed E-state index contributed by atoms with van der Waals surface area (Å²) in [5.74, 6) is 0. The molecule has 0 spiro atoms. The van der Waals surface area contributed by atoms with E-state index in [4.69, 9.17) is 0 Å². The first kappa shape index (κ1) is 19.0. The molecule has 102 valence electrons. The minimum absolute atomic E-state index is 1.02. The summed E-state index contributed by atoms with van der Waals surface area (Å²) >= 11 is 0. The monoisotopic (exact) mass is 246 g/mol. The fourth-order valence-electron chi connectivity index (χ4n) is 1.77. The van der Waals surface area contributed by atoms with Gasteiger partial charge in [-0.05, 0) is 43.9 Å². The molecular weight excluding hydrogens is 216 g/mol. The van der Waals surface area contributed by atoms with Crippen LogP contribution in [0.25, 0.3) is 0 Å². The van der Waals surface area contributed by atoms with Crippen molar-refractivity contribution < 1.29 is 0 Å². The fourth-order valence-corrected chi connectivity index (χ4v) is 1.77. The van der Waals surface area contributed by atoms with Crippen molar-refractivity contribution in [3.05, 3.63) is 59.3 Å². The highest BCUT2D eigenvalue weighted by Crippen LogP contribution is 2.32. The van der Waals surface area contributed by atoms with Crippen molar-refractivity contribution in [2.24, 2.45) is 0 Å². The maximum Gasteiger partial charge on any atom is -0.00579 e. The first-order valence-electron chi connectivity index (χ1n) is 6.95. The zero-order chi connectivity index (χ0) is 14.7. The Labute approximate surface area is 115 Å². The Morgan fingerprint density at radius 1 is 1.22 bits per heavy atom. The van der Waals surface area contributed by atoms with Gasteiger partial charge in [-0.15, -0.1) is 0 Å². The second-order valence-corrected chi connectivity index (χ2v) is 3.76. The average Bonchev–Trinajstić information content (AvgIpc) is 2.41. The predicted octanol–water partition coefficient (Wildman–Crippen LogP) is 6.39. The van der Waals surface area contributed by atoms with Crippen LogP contribution in [0, 0.1) is 0 Å². The molecule has 1 aliphatic rings. The van der Waals surface area contributed by atoms with E-state index < -0.39 is 0 Å². The van der Waals surface area contributed by atoms with Crippen LogP contribution < -0.4 is 0 Å². The highest BCUT2D eigenvalue weighted by Gasteiger charge is 2.13. The topological polar surface area (TPSA) is 0 Å². The molecule has 0 radical (unpaired) electrons. The van der Waals surface area contributed by atoms with Gasteiger partial charge < -0.3 is 0 Å². The van der Waals surface area contributed by atoms with Crippen LogP contribution in [0.15, 0.2) is 59.3 Å². The van der Waals surface area contributed by atoms with Crippen molar-refractivity contribution in [3.63, 3.8) is 0 Å². The first-order valence-corrected chi connectivity index (χ1v) is 6.95. The van der Waals surface area contributed by atoms with Crippen LogP contribution >= 0.6 is 0 Å². The third-order valence-corrected chi connectivity index (χ3v) is 2.66. The lowest BCUT2D eigenvalue weighted by molar-refractivity contribution is 1.06. The summed E-state index contributed by atoms with van der Waals surface area (Å²) < 4.78 is 0. The van der Waals surface area contributed by atoms with Gasteiger partial charge in [0.25, 0.3) is 0 Å². The summed E-state index contributed by atoms with van der Waals surface area (Å²) in [5.41, 5.74) is 6.35. The molecule has 0 heteroatoms. The van der Waals surface area contributed by atoms with Gasteiger partial charge in [-0.1, -0.05) is 70.2 Å². The zero-order valence-corrected chi connectivity index (χ0v) is 13.4. The Kier molecular flexibility index (Phi) is 11.5. The van der Waals surface area contributed by atoms with E-state index in [0.717, 1.165) is 12.0 Å². The van der Waals surface area contributed by atoms with E-state index >= 15 is 0 Å². The largest absolute Gasteiger partial charge is 0.0984 e. The van der Waals surface area contributed by atoms with Crippen LogP contribution in [0.3, 0.4) is 0 Å². The van der Waals surface area contributed by atoms with Crippen molar-refractivity contribution in [2.45, 2.75) is 54.9 Å². The predicted molar refractivity (Wildman–Crippen MR) is 86.9 cm³/mol. The molecule has 0 aliphatic heterocycles. The number of hydrogen-bond acceptors (Lipinski definition) is 0.